The summed E-state index contributed by atoms with van der Waals surface area (Å²) in [7, 11) is 0. The molecular formula is C28H32N2O6S. The number of hydrogen-bond acceptors (Lipinski definition) is 7. The van der Waals surface area contributed by atoms with E-state index in [1.165, 1.54) is 0 Å². The van der Waals surface area contributed by atoms with Gasteiger partial charge in [-0.05, 0) is 58.5 Å². The van der Waals surface area contributed by atoms with Crippen molar-refractivity contribution in [1.29, 1.82) is 0 Å². The molecule has 4 rings (SSSR count). The van der Waals surface area contributed by atoms with Gasteiger partial charge in [-0.25, -0.2) is 0 Å². The topological polar surface area (TPSA) is 105 Å². The smallest absolute Gasteiger partial charge is 0.294 e. The van der Waals surface area contributed by atoms with Gasteiger partial charge in [0.1, 0.15) is 25.5 Å². The van der Waals surface area contributed by atoms with Gasteiger partial charge in [-0.3, -0.25) is 19.3 Å². The maximum atomic E-state index is 13.1. The molecule has 0 bridgehead atoms. The number of aromatic hydroxyl groups is 1. The van der Waals surface area contributed by atoms with Crippen molar-refractivity contribution in [3.8, 4) is 17.2 Å². The number of phenolic OH excluding ortho intramolecular Hbond substituents is 1. The zero-order chi connectivity index (χ0) is 27.1. The highest BCUT2D eigenvalue weighted by Gasteiger charge is 2.36. The number of rotatable bonds is 4. The van der Waals surface area contributed by atoms with Crippen molar-refractivity contribution in [3.05, 3.63) is 51.9 Å². The minimum Gasteiger partial charge on any atom is -0.507 e. The van der Waals surface area contributed by atoms with Crippen LogP contribution in [0.25, 0.3) is 6.08 Å². The first-order valence-corrected chi connectivity index (χ1v) is 12.9. The van der Waals surface area contributed by atoms with Crippen LogP contribution in [0.1, 0.15) is 58.2 Å². The Kier molecular flexibility index (Phi) is 7.03. The molecule has 0 spiro atoms. The molecule has 1 saturated heterocycles. The fourth-order valence-corrected chi connectivity index (χ4v) is 4.97. The van der Waals surface area contributed by atoms with E-state index in [4.69, 9.17) is 9.47 Å². The predicted molar refractivity (Wildman–Crippen MR) is 144 cm³/mol. The Morgan fingerprint density at radius 1 is 1.00 bits per heavy atom. The van der Waals surface area contributed by atoms with Crippen molar-refractivity contribution in [3.63, 3.8) is 0 Å². The number of amides is 3. The molecule has 196 valence electrons. The number of thioether (sulfide) groups is 1. The summed E-state index contributed by atoms with van der Waals surface area (Å²) < 4.78 is 11.0. The number of anilines is 1. The van der Waals surface area contributed by atoms with Crippen LogP contribution in [0.3, 0.4) is 0 Å². The van der Waals surface area contributed by atoms with Crippen LogP contribution in [-0.4, -0.2) is 46.8 Å². The summed E-state index contributed by atoms with van der Waals surface area (Å²) in [6.45, 7) is 12.5. The van der Waals surface area contributed by atoms with E-state index in [1.54, 1.807) is 24.3 Å². The molecule has 3 amide bonds. The quantitative estimate of drug-likeness (QED) is 0.514. The van der Waals surface area contributed by atoms with Gasteiger partial charge in [0.25, 0.3) is 11.1 Å². The van der Waals surface area contributed by atoms with Gasteiger partial charge in [-0.15, -0.1) is 0 Å². The summed E-state index contributed by atoms with van der Waals surface area (Å²) in [5, 5.41) is 13.1. The Morgan fingerprint density at radius 3 is 2.19 bits per heavy atom. The third kappa shape index (κ3) is 5.77. The molecule has 1 fully saturated rings. The number of carbonyl (C=O) groups excluding carboxylic acids is 3. The van der Waals surface area contributed by atoms with Crippen LogP contribution < -0.4 is 14.8 Å². The Balaban J connectivity index is 1.54. The SMILES string of the molecule is CC(C)(C)c1cc(/C=C2\SC(=O)N(CC(=O)Nc3ccc4c(c3)OCCO4)C2=O)cc(C(C)(C)C)c1O. The molecule has 0 saturated carbocycles. The van der Waals surface area contributed by atoms with Crippen molar-refractivity contribution < 1.29 is 29.0 Å². The van der Waals surface area contributed by atoms with Crippen LogP contribution in [0.5, 0.6) is 17.2 Å². The number of nitrogens with zero attached hydrogens (tertiary/aromatic N) is 1. The summed E-state index contributed by atoms with van der Waals surface area (Å²) in [4.78, 5) is 39.5. The van der Waals surface area contributed by atoms with E-state index in [9.17, 15) is 19.5 Å². The summed E-state index contributed by atoms with van der Waals surface area (Å²) in [5.41, 5.74) is 2.02. The normalized spacial score (nSPS) is 16.9. The maximum Gasteiger partial charge on any atom is 0.294 e. The summed E-state index contributed by atoms with van der Waals surface area (Å²) in [5.74, 6) is 0.320. The fraction of sp³-hybridized carbons (Fsp3) is 0.393. The van der Waals surface area contributed by atoms with E-state index in [2.05, 4.69) is 5.32 Å². The van der Waals surface area contributed by atoms with Crippen molar-refractivity contribution in [1.82, 2.24) is 4.90 Å². The lowest BCUT2D eigenvalue weighted by Gasteiger charge is -2.28. The average Bonchev–Trinajstić information content (AvgIpc) is 3.05. The number of imide groups is 1. The van der Waals surface area contributed by atoms with E-state index >= 15 is 0 Å². The predicted octanol–water partition coefficient (Wildman–Crippen LogP) is 5.43. The number of benzene rings is 2. The van der Waals surface area contributed by atoms with Crippen LogP contribution >= 0.6 is 11.8 Å². The molecule has 0 radical (unpaired) electrons. The lowest BCUT2D eigenvalue weighted by atomic mass is 9.78. The summed E-state index contributed by atoms with van der Waals surface area (Å²) in [6, 6.07) is 8.69. The van der Waals surface area contributed by atoms with Crippen LogP contribution in [0, 0.1) is 0 Å². The van der Waals surface area contributed by atoms with Gasteiger partial charge in [-0.2, -0.15) is 0 Å². The monoisotopic (exact) mass is 524 g/mol. The second kappa shape index (κ2) is 9.78. The van der Waals surface area contributed by atoms with E-state index in [0.29, 0.717) is 36.0 Å². The minimum atomic E-state index is -0.532. The molecule has 2 N–H and O–H groups in total. The molecule has 0 unspecified atom stereocenters. The number of nitrogens with one attached hydrogen (secondary N) is 1. The van der Waals surface area contributed by atoms with Gasteiger partial charge >= 0.3 is 0 Å². The third-order valence-corrected chi connectivity index (χ3v) is 6.95. The lowest BCUT2D eigenvalue weighted by Crippen LogP contribution is -2.36. The van der Waals surface area contributed by atoms with Gasteiger partial charge in [0.2, 0.25) is 5.91 Å². The van der Waals surface area contributed by atoms with Crippen molar-refractivity contribution in [2.75, 3.05) is 25.1 Å². The molecule has 2 aromatic carbocycles. The lowest BCUT2D eigenvalue weighted by molar-refractivity contribution is -0.127. The summed E-state index contributed by atoms with van der Waals surface area (Å²) in [6.07, 6.45) is 1.65. The largest absolute Gasteiger partial charge is 0.507 e. The van der Waals surface area contributed by atoms with Crippen LogP contribution in [0.15, 0.2) is 35.2 Å². The van der Waals surface area contributed by atoms with Crippen LogP contribution in [0.4, 0.5) is 10.5 Å². The van der Waals surface area contributed by atoms with E-state index in [0.717, 1.165) is 27.8 Å². The van der Waals surface area contributed by atoms with E-state index in [-0.39, 0.29) is 21.5 Å². The summed E-state index contributed by atoms with van der Waals surface area (Å²) >= 11 is 0.794. The molecule has 2 aliphatic heterocycles. The number of hydrogen-bond donors (Lipinski definition) is 2. The second-order valence-corrected chi connectivity index (χ2v) is 12.1. The van der Waals surface area contributed by atoms with Crippen molar-refractivity contribution in [2.45, 2.75) is 52.4 Å². The van der Waals surface area contributed by atoms with Crippen LogP contribution in [-0.2, 0) is 20.4 Å². The second-order valence-electron chi connectivity index (χ2n) is 11.1. The Hall–Kier alpha value is -3.46. The number of ether oxygens (including phenoxy) is 2. The Bertz CT molecular complexity index is 1270. The first-order chi connectivity index (χ1) is 17.2. The zero-order valence-electron chi connectivity index (χ0n) is 21.9. The van der Waals surface area contributed by atoms with Crippen LogP contribution in [0.2, 0.25) is 0 Å². The molecule has 0 atom stereocenters. The van der Waals surface area contributed by atoms with Gasteiger partial charge < -0.3 is 19.9 Å². The average molecular weight is 525 g/mol. The number of fused-ring (bicyclic) bond motifs is 1. The van der Waals surface area contributed by atoms with Gasteiger partial charge in [0, 0.05) is 22.9 Å². The van der Waals surface area contributed by atoms with Gasteiger partial charge in [-0.1, -0.05) is 41.5 Å². The van der Waals surface area contributed by atoms with Gasteiger partial charge in [0.05, 0.1) is 4.91 Å². The third-order valence-electron chi connectivity index (χ3n) is 6.05. The molecular weight excluding hydrogens is 492 g/mol. The van der Waals surface area contributed by atoms with Crippen molar-refractivity contribution >= 4 is 40.6 Å². The van der Waals surface area contributed by atoms with E-state index < -0.39 is 23.6 Å². The molecule has 2 heterocycles. The van der Waals surface area contributed by atoms with Crippen molar-refractivity contribution in [2.24, 2.45) is 0 Å². The first kappa shape index (κ1) is 26.6. The number of phenols is 1. The highest BCUT2D eigenvalue weighted by atomic mass is 32.2. The Morgan fingerprint density at radius 2 is 1.59 bits per heavy atom. The molecule has 0 aromatic heterocycles. The molecule has 2 aromatic rings. The highest BCUT2D eigenvalue weighted by Crippen LogP contribution is 2.41. The molecule has 2 aliphatic rings. The van der Waals surface area contributed by atoms with Gasteiger partial charge in [0.15, 0.2) is 11.5 Å². The Labute approximate surface area is 221 Å². The zero-order valence-corrected chi connectivity index (χ0v) is 22.7. The maximum absolute atomic E-state index is 13.1. The molecule has 37 heavy (non-hydrogen) atoms. The van der Waals surface area contributed by atoms with E-state index in [1.807, 2.05) is 53.7 Å². The standard InChI is InChI=1S/C28H32N2O6S/c1-27(2,3)18-11-16(12-19(24(18)32)28(4,5)6)13-22-25(33)30(26(34)37-22)15-23(31)29-17-7-8-20-21(14-17)36-10-9-35-20/h7-8,11-14,32H,9-10,15H2,1-6H3,(H,29,31)/b22-13-. The first-order valence-electron chi connectivity index (χ1n) is 12.1. The number of carbonyl (C=O) groups is 3. The molecule has 8 nitrogen and oxygen atoms in total. The minimum absolute atomic E-state index is 0.225. The molecule has 9 heteroatoms. The fourth-order valence-electron chi connectivity index (χ4n) is 4.14. The molecule has 0 aliphatic carbocycles. The highest BCUT2D eigenvalue weighted by molar-refractivity contribution is 8.18.